The van der Waals surface area contributed by atoms with Crippen molar-refractivity contribution in [2.75, 3.05) is 4.90 Å². The summed E-state index contributed by atoms with van der Waals surface area (Å²) >= 11 is 1.83. The van der Waals surface area contributed by atoms with Gasteiger partial charge in [-0.15, -0.1) is 11.3 Å². The van der Waals surface area contributed by atoms with E-state index in [1.54, 1.807) is 0 Å². The number of nitriles is 1. The number of fused-ring (bicyclic) bond motifs is 17. The molecule has 3 aliphatic rings. The van der Waals surface area contributed by atoms with Crippen molar-refractivity contribution in [2.24, 2.45) is 0 Å². The zero-order valence-electron chi connectivity index (χ0n) is 48.1. The Bertz CT molecular complexity index is 5530. The Labute approximate surface area is 507 Å². The van der Waals surface area contributed by atoms with Crippen molar-refractivity contribution in [1.82, 2.24) is 9.13 Å². The summed E-state index contributed by atoms with van der Waals surface area (Å²) in [6.45, 7) is 6.67. The monoisotopic (exact) mass is 1130 g/mol. The average molecular weight is 1130 g/mol. The summed E-state index contributed by atoms with van der Waals surface area (Å²) in [4.78, 5) is 2.54. The molecule has 0 unspecified atom stereocenters. The lowest BCUT2D eigenvalue weighted by molar-refractivity contribution is 0.487. The minimum Gasteiger partial charge on any atom is -0.458 e. The van der Waals surface area contributed by atoms with E-state index in [9.17, 15) is 5.26 Å². The van der Waals surface area contributed by atoms with Crippen molar-refractivity contribution in [3.63, 3.8) is 0 Å². The molecule has 0 bridgehead atoms. The summed E-state index contributed by atoms with van der Waals surface area (Å²) < 4.78 is 22.1. The van der Waals surface area contributed by atoms with E-state index in [2.05, 4.69) is 284 Å². The summed E-state index contributed by atoms with van der Waals surface area (Å²) in [5.74, 6) is 1.62. The van der Waals surface area contributed by atoms with Gasteiger partial charge in [-0.25, -0.2) is 0 Å². The van der Waals surface area contributed by atoms with Crippen molar-refractivity contribution < 1.29 is 9.15 Å². The third kappa shape index (κ3) is 7.40. The van der Waals surface area contributed by atoms with Gasteiger partial charge in [0.25, 0.3) is 6.71 Å². The molecule has 18 rings (SSSR count). The van der Waals surface area contributed by atoms with E-state index in [0.29, 0.717) is 12.8 Å². The third-order valence-corrected chi connectivity index (χ3v) is 19.8. The van der Waals surface area contributed by atoms with Crippen molar-refractivity contribution >= 4 is 132 Å². The Hall–Kier alpha value is -10.6. The van der Waals surface area contributed by atoms with Gasteiger partial charge in [-0.3, -0.25) is 0 Å². The average Bonchev–Trinajstić information content (AvgIpc) is 0.992. The molecule has 0 fully saturated rings. The predicted octanol–water partition coefficient (Wildman–Crippen LogP) is 19.4. The first-order chi connectivity index (χ1) is 42.7. The van der Waals surface area contributed by atoms with E-state index < -0.39 is 0 Å². The van der Waals surface area contributed by atoms with Crippen LogP contribution in [-0.2, 0) is 11.8 Å². The predicted molar refractivity (Wildman–Crippen MR) is 364 cm³/mol. The summed E-state index contributed by atoms with van der Waals surface area (Å²) in [5.41, 5.74) is 22.1. The van der Waals surface area contributed by atoms with Crippen molar-refractivity contribution in [3.05, 3.63) is 259 Å². The Balaban J connectivity index is 0.943. The summed E-state index contributed by atoms with van der Waals surface area (Å²) in [6.07, 6.45) is 7.80. The number of hydrogen-bond acceptors (Lipinski definition) is 5. The molecule has 6 heterocycles. The number of allylic oxidation sites excluding steroid dienone is 3. The van der Waals surface area contributed by atoms with Gasteiger partial charge in [0.2, 0.25) is 0 Å². The van der Waals surface area contributed by atoms with Crippen LogP contribution < -0.4 is 26.0 Å². The molecule has 6 nitrogen and oxygen atoms in total. The van der Waals surface area contributed by atoms with Crippen LogP contribution in [-0.4, -0.2) is 15.8 Å². The number of benzene rings is 11. The first kappa shape index (κ1) is 49.8. The van der Waals surface area contributed by atoms with Crippen LogP contribution in [0, 0.1) is 11.3 Å². The Morgan fingerprint density at radius 3 is 1.98 bits per heavy atom. The van der Waals surface area contributed by atoms with Crippen molar-refractivity contribution in [1.29, 1.82) is 5.26 Å². The minimum absolute atomic E-state index is 0.124. The summed E-state index contributed by atoms with van der Waals surface area (Å²) in [6, 6.07) is 85.0. The number of hydrogen-bond donors (Lipinski definition) is 0. The summed E-state index contributed by atoms with van der Waals surface area (Å²) in [5, 5.41) is 18.6. The maximum atomic E-state index is 10.4. The lowest BCUT2D eigenvalue weighted by atomic mass is 9.34. The lowest BCUT2D eigenvalue weighted by Gasteiger charge is -2.41. The maximum Gasteiger partial charge on any atom is 0.256 e. The van der Waals surface area contributed by atoms with Crippen LogP contribution in [0.1, 0.15) is 44.0 Å². The molecule has 2 aliphatic heterocycles. The van der Waals surface area contributed by atoms with E-state index >= 15 is 0 Å². The molecule has 4 aromatic heterocycles. The SMILES string of the molecule is CC(C)(C)c1ccc(N2c3cc(-n4c5c(c6ccccc64)/C=C(/C#N)C/C=C\C5)ccc3B3c4ccc(-n5c6ccccc6c6ccccc65)cc4Oc4cc(-c5cccc6c5oc5ccc7sc8ccccc8c7c56)cc2c43)c(-c2ccccc2)c1. The van der Waals surface area contributed by atoms with Crippen LogP contribution in [0.2, 0.25) is 0 Å². The lowest BCUT2D eigenvalue weighted by Crippen LogP contribution is -2.59. The number of rotatable bonds is 5. The number of aromatic nitrogens is 2. The van der Waals surface area contributed by atoms with E-state index in [0.717, 1.165) is 134 Å². The van der Waals surface area contributed by atoms with Crippen LogP contribution in [0.15, 0.2) is 247 Å². The first-order valence-electron chi connectivity index (χ1n) is 30.0. The Kier molecular flexibility index (Phi) is 10.7. The quantitative estimate of drug-likeness (QED) is 0.127. The van der Waals surface area contributed by atoms with Gasteiger partial charge in [0.1, 0.15) is 22.7 Å². The van der Waals surface area contributed by atoms with Crippen LogP contribution >= 0.6 is 11.3 Å². The molecule has 0 amide bonds. The minimum atomic E-state index is -0.220. The van der Waals surface area contributed by atoms with E-state index in [1.807, 2.05) is 11.3 Å². The molecule has 1 aliphatic carbocycles. The highest BCUT2D eigenvalue weighted by molar-refractivity contribution is 7.26. The molecule has 0 radical (unpaired) electrons. The van der Waals surface area contributed by atoms with Crippen LogP contribution in [0.25, 0.3) is 115 Å². The van der Waals surface area contributed by atoms with Gasteiger partial charge >= 0.3 is 0 Å². The van der Waals surface area contributed by atoms with E-state index in [1.165, 1.54) is 42.0 Å². The molecule has 0 spiro atoms. The highest BCUT2D eigenvalue weighted by atomic mass is 32.1. The highest BCUT2D eigenvalue weighted by Gasteiger charge is 2.44. The van der Waals surface area contributed by atoms with Gasteiger partial charge < -0.3 is 23.2 Å². The van der Waals surface area contributed by atoms with Gasteiger partial charge in [-0.2, -0.15) is 5.26 Å². The van der Waals surface area contributed by atoms with Gasteiger partial charge in [0.05, 0.1) is 28.3 Å². The molecule has 0 saturated heterocycles. The molecule has 15 aromatic rings. The smallest absolute Gasteiger partial charge is 0.256 e. The zero-order chi connectivity index (χ0) is 57.8. The Morgan fingerprint density at radius 1 is 0.506 bits per heavy atom. The van der Waals surface area contributed by atoms with Crippen LogP contribution in [0.4, 0.5) is 17.1 Å². The second-order valence-electron chi connectivity index (χ2n) is 24.5. The molecular formula is C79H53BN4O2S. The number of thiophene rings is 1. The molecule has 0 N–H and O–H groups in total. The molecule has 87 heavy (non-hydrogen) atoms. The van der Waals surface area contributed by atoms with Gasteiger partial charge in [-0.1, -0.05) is 172 Å². The van der Waals surface area contributed by atoms with E-state index in [4.69, 9.17) is 9.15 Å². The van der Waals surface area contributed by atoms with Crippen LogP contribution in [0.5, 0.6) is 11.5 Å². The van der Waals surface area contributed by atoms with Gasteiger partial charge in [0.15, 0.2) is 0 Å². The van der Waals surface area contributed by atoms with Crippen molar-refractivity contribution in [3.8, 4) is 51.2 Å². The second-order valence-corrected chi connectivity index (χ2v) is 25.6. The first-order valence-corrected chi connectivity index (χ1v) is 30.8. The number of furan rings is 1. The normalized spacial score (nSPS) is 14.6. The molecular weight excluding hydrogens is 1080 g/mol. The fourth-order valence-corrected chi connectivity index (χ4v) is 15.8. The molecule has 410 valence electrons. The molecule has 0 atom stereocenters. The van der Waals surface area contributed by atoms with Gasteiger partial charge in [0, 0.05) is 117 Å². The molecule has 0 saturated carbocycles. The second kappa shape index (κ2) is 18.7. The molecule has 8 heteroatoms. The number of anilines is 3. The largest absolute Gasteiger partial charge is 0.458 e. The highest BCUT2D eigenvalue weighted by Crippen LogP contribution is 2.51. The fraction of sp³-hybridized carbons (Fsp3) is 0.0759. The van der Waals surface area contributed by atoms with E-state index in [-0.39, 0.29) is 12.1 Å². The summed E-state index contributed by atoms with van der Waals surface area (Å²) in [7, 11) is 0. The Morgan fingerprint density at radius 2 is 1.20 bits per heavy atom. The fourth-order valence-electron chi connectivity index (χ4n) is 14.7. The molecule has 11 aromatic carbocycles. The van der Waals surface area contributed by atoms with Crippen LogP contribution in [0.3, 0.4) is 0 Å². The third-order valence-electron chi connectivity index (χ3n) is 18.6. The zero-order valence-corrected chi connectivity index (χ0v) is 48.9. The number of ether oxygens (including phenoxy) is 1. The topological polar surface area (TPSA) is 59.3 Å². The van der Waals surface area contributed by atoms with Gasteiger partial charge in [-0.05, 0) is 123 Å². The van der Waals surface area contributed by atoms with Crippen molar-refractivity contribution in [2.45, 2.75) is 39.0 Å². The number of para-hydroxylation sites is 4. The maximum absolute atomic E-state index is 10.4. The number of nitrogens with zero attached hydrogens (tertiary/aromatic N) is 4. The standard InChI is InChI=1S/C79H53BN4O2S/c1-79(2,3)50-32-37-67(59(43-50)48-19-5-4-6-20-48)84-68-44-51(82-65-29-15-10-23-56(65)60-40-47(46-81)18-7-12-30-66(60)82)33-35-61(68)80-62-36-34-52(83-63-27-13-8-21-54(63)55-22-9-14-28-64(55)83)45-71(62)85-72-42-49(41-69(84)77(72)80)53-25-17-26-58-75-70(86-78(53)58)38-39-74-76(75)57-24-11-16-31-73(57)87-74/h4-17,19-29,31-45H,18,30H2,1-3H3/b12-7-,47-40+.